The van der Waals surface area contributed by atoms with E-state index in [4.69, 9.17) is 0 Å². The Bertz CT molecular complexity index is 493. The third-order valence-corrected chi connectivity index (χ3v) is 2.07. The number of rotatable bonds is 2. The fraction of sp³-hybridized carbons (Fsp3) is 0.111. The lowest BCUT2D eigenvalue weighted by Gasteiger charge is -2.03. The average molecular weight is 204 g/mol. The molecule has 6 heteroatoms. The Kier molecular flexibility index (Phi) is 2.17. The van der Waals surface area contributed by atoms with E-state index in [0.717, 1.165) is 5.56 Å². The van der Waals surface area contributed by atoms with Gasteiger partial charge in [0.1, 0.15) is 12.7 Å². The van der Waals surface area contributed by atoms with Crippen LogP contribution in [0.2, 0.25) is 0 Å². The minimum Gasteiger partial charge on any atom is -0.258 e. The van der Waals surface area contributed by atoms with Crippen LogP contribution in [0.15, 0.2) is 30.9 Å². The van der Waals surface area contributed by atoms with Crippen LogP contribution in [0.3, 0.4) is 0 Å². The molecule has 0 radical (unpaired) electrons. The molecule has 76 valence electrons. The van der Waals surface area contributed by atoms with Crippen molar-refractivity contribution < 1.29 is 4.92 Å². The van der Waals surface area contributed by atoms with Crippen LogP contribution < -0.4 is 0 Å². The number of benzene rings is 1. The van der Waals surface area contributed by atoms with Crippen molar-refractivity contribution in [1.82, 2.24) is 14.8 Å². The lowest BCUT2D eigenvalue weighted by molar-refractivity contribution is -0.384. The fourth-order valence-corrected chi connectivity index (χ4v) is 1.29. The molecule has 2 aromatic rings. The van der Waals surface area contributed by atoms with Gasteiger partial charge in [-0.05, 0) is 12.5 Å². The van der Waals surface area contributed by atoms with Crippen molar-refractivity contribution in [2.45, 2.75) is 6.92 Å². The lowest BCUT2D eigenvalue weighted by atomic mass is 10.2. The number of nitro groups is 1. The summed E-state index contributed by atoms with van der Waals surface area (Å²) < 4.78 is 1.50. The molecule has 2 rings (SSSR count). The highest BCUT2D eigenvalue weighted by Crippen LogP contribution is 2.19. The lowest BCUT2D eigenvalue weighted by Crippen LogP contribution is -1.99. The third-order valence-electron chi connectivity index (χ3n) is 2.07. The van der Waals surface area contributed by atoms with Gasteiger partial charge in [-0.15, -0.1) is 0 Å². The Balaban J connectivity index is 2.55. The summed E-state index contributed by atoms with van der Waals surface area (Å²) in [7, 11) is 0. The molecule has 0 unspecified atom stereocenters. The van der Waals surface area contributed by atoms with Crippen molar-refractivity contribution in [1.29, 1.82) is 0 Å². The van der Waals surface area contributed by atoms with Crippen LogP contribution in [0, 0.1) is 17.0 Å². The highest BCUT2D eigenvalue weighted by atomic mass is 16.6. The van der Waals surface area contributed by atoms with Crippen LogP contribution >= 0.6 is 0 Å². The molecule has 0 saturated heterocycles. The summed E-state index contributed by atoms with van der Waals surface area (Å²) >= 11 is 0. The number of nitro benzene ring substituents is 1. The maximum absolute atomic E-state index is 10.6. The van der Waals surface area contributed by atoms with Gasteiger partial charge >= 0.3 is 0 Å². The number of non-ortho nitro benzene ring substituents is 1. The van der Waals surface area contributed by atoms with Gasteiger partial charge in [0.05, 0.1) is 10.6 Å². The molecule has 1 heterocycles. The first-order valence-corrected chi connectivity index (χ1v) is 4.28. The first-order valence-electron chi connectivity index (χ1n) is 4.28. The van der Waals surface area contributed by atoms with Crippen molar-refractivity contribution in [2.75, 3.05) is 0 Å². The summed E-state index contributed by atoms with van der Waals surface area (Å²) in [6.07, 6.45) is 2.89. The number of hydrogen-bond acceptors (Lipinski definition) is 4. The molecule has 0 spiro atoms. The van der Waals surface area contributed by atoms with Gasteiger partial charge in [0.15, 0.2) is 0 Å². The molecule has 0 N–H and O–H groups in total. The van der Waals surface area contributed by atoms with E-state index in [2.05, 4.69) is 10.1 Å². The normalized spacial score (nSPS) is 10.2. The summed E-state index contributed by atoms with van der Waals surface area (Å²) in [5.41, 5.74) is 1.62. The molecule has 0 aliphatic carbocycles. The number of hydrogen-bond donors (Lipinski definition) is 0. The second-order valence-corrected chi connectivity index (χ2v) is 3.07. The number of aromatic nitrogens is 3. The zero-order valence-electron chi connectivity index (χ0n) is 7.99. The van der Waals surface area contributed by atoms with Crippen LogP contribution in [0.1, 0.15) is 5.56 Å². The predicted molar refractivity (Wildman–Crippen MR) is 52.8 cm³/mol. The van der Waals surface area contributed by atoms with Gasteiger partial charge in [0, 0.05) is 12.1 Å². The summed E-state index contributed by atoms with van der Waals surface area (Å²) in [5, 5.41) is 14.5. The van der Waals surface area contributed by atoms with Crippen molar-refractivity contribution in [3.63, 3.8) is 0 Å². The summed E-state index contributed by atoms with van der Waals surface area (Å²) in [5.74, 6) is 0. The SMILES string of the molecule is Cc1ccc([N+](=O)[O-])cc1-n1cncn1. The average Bonchev–Trinajstić information content (AvgIpc) is 2.71. The standard InChI is InChI=1S/C9H8N4O2/c1-7-2-3-8(13(14)15)4-9(7)12-6-10-5-11-12/h2-6H,1H3. The Morgan fingerprint density at radius 1 is 1.47 bits per heavy atom. The van der Waals surface area contributed by atoms with Crippen molar-refractivity contribution in [3.8, 4) is 5.69 Å². The quantitative estimate of drug-likeness (QED) is 0.548. The third kappa shape index (κ3) is 1.69. The molecular weight excluding hydrogens is 196 g/mol. The van der Waals surface area contributed by atoms with E-state index in [0.29, 0.717) is 5.69 Å². The Morgan fingerprint density at radius 3 is 2.87 bits per heavy atom. The van der Waals surface area contributed by atoms with Crippen LogP contribution in [-0.4, -0.2) is 19.7 Å². The maximum Gasteiger partial charge on any atom is 0.271 e. The molecule has 0 amide bonds. The Labute approximate surface area is 85.3 Å². The molecular formula is C9H8N4O2. The molecule has 1 aromatic heterocycles. The first kappa shape index (κ1) is 9.32. The minimum absolute atomic E-state index is 0.0473. The second-order valence-electron chi connectivity index (χ2n) is 3.07. The molecule has 6 nitrogen and oxygen atoms in total. The number of aryl methyl sites for hydroxylation is 1. The maximum atomic E-state index is 10.6. The van der Waals surface area contributed by atoms with Gasteiger partial charge < -0.3 is 0 Å². The van der Waals surface area contributed by atoms with Crippen molar-refractivity contribution >= 4 is 5.69 Å². The van der Waals surface area contributed by atoms with Crippen LogP contribution in [0.5, 0.6) is 0 Å². The minimum atomic E-state index is -0.431. The molecule has 0 saturated carbocycles. The second kappa shape index (κ2) is 3.49. The molecule has 15 heavy (non-hydrogen) atoms. The monoisotopic (exact) mass is 204 g/mol. The van der Waals surface area contributed by atoms with Crippen molar-refractivity contribution in [3.05, 3.63) is 46.5 Å². The van der Waals surface area contributed by atoms with Crippen LogP contribution in [-0.2, 0) is 0 Å². The van der Waals surface area contributed by atoms with Gasteiger partial charge in [-0.1, -0.05) is 6.07 Å². The zero-order chi connectivity index (χ0) is 10.8. The van der Waals surface area contributed by atoms with E-state index in [-0.39, 0.29) is 5.69 Å². The van der Waals surface area contributed by atoms with E-state index in [9.17, 15) is 10.1 Å². The van der Waals surface area contributed by atoms with Gasteiger partial charge in [-0.2, -0.15) is 5.10 Å². The van der Waals surface area contributed by atoms with Gasteiger partial charge in [-0.3, -0.25) is 10.1 Å². The molecule has 0 aliphatic heterocycles. The molecule has 0 atom stereocenters. The fourth-order valence-electron chi connectivity index (χ4n) is 1.29. The first-order chi connectivity index (χ1) is 7.18. The van der Waals surface area contributed by atoms with Crippen LogP contribution in [0.25, 0.3) is 5.69 Å². The van der Waals surface area contributed by atoms with E-state index in [1.165, 1.54) is 29.5 Å². The Morgan fingerprint density at radius 2 is 2.27 bits per heavy atom. The zero-order valence-corrected chi connectivity index (χ0v) is 7.99. The van der Waals surface area contributed by atoms with E-state index in [1.54, 1.807) is 6.07 Å². The molecule has 0 bridgehead atoms. The summed E-state index contributed by atoms with van der Waals surface area (Å²) in [6.45, 7) is 1.86. The van der Waals surface area contributed by atoms with Crippen molar-refractivity contribution in [2.24, 2.45) is 0 Å². The van der Waals surface area contributed by atoms with Gasteiger partial charge in [-0.25, -0.2) is 9.67 Å². The summed E-state index contributed by atoms with van der Waals surface area (Å²) in [4.78, 5) is 14.0. The molecule has 0 aliphatic rings. The molecule has 0 fully saturated rings. The Hall–Kier alpha value is -2.24. The highest BCUT2D eigenvalue weighted by molar-refractivity contribution is 5.47. The van der Waals surface area contributed by atoms with E-state index >= 15 is 0 Å². The van der Waals surface area contributed by atoms with E-state index in [1.807, 2.05) is 6.92 Å². The van der Waals surface area contributed by atoms with Crippen LogP contribution in [0.4, 0.5) is 5.69 Å². The predicted octanol–water partition coefficient (Wildman–Crippen LogP) is 1.48. The summed E-state index contributed by atoms with van der Waals surface area (Å²) in [6, 6.07) is 4.63. The highest BCUT2D eigenvalue weighted by Gasteiger charge is 2.09. The molecule has 1 aromatic carbocycles. The van der Waals surface area contributed by atoms with E-state index < -0.39 is 4.92 Å². The number of nitrogens with zero attached hydrogens (tertiary/aromatic N) is 4. The topological polar surface area (TPSA) is 73.8 Å². The smallest absolute Gasteiger partial charge is 0.258 e. The largest absolute Gasteiger partial charge is 0.271 e. The van der Waals surface area contributed by atoms with Gasteiger partial charge in [0.25, 0.3) is 5.69 Å². The van der Waals surface area contributed by atoms with Gasteiger partial charge in [0.2, 0.25) is 0 Å².